The fourth-order valence-corrected chi connectivity index (χ4v) is 1.11. The number of rotatable bonds is 4. The van der Waals surface area contributed by atoms with Gasteiger partial charge in [0.15, 0.2) is 0 Å². The summed E-state index contributed by atoms with van der Waals surface area (Å²) in [7, 11) is 1.66. The highest BCUT2D eigenvalue weighted by Crippen LogP contribution is 2.14. The minimum atomic E-state index is -0.702. The number of benzene rings is 1. The molecule has 0 aromatic heterocycles. The highest BCUT2D eigenvalue weighted by molar-refractivity contribution is 5.80. The van der Waals surface area contributed by atoms with E-state index in [9.17, 15) is 13.6 Å². The van der Waals surface area contributed by atoms with Gasteiger partial charge in [0.05, 0.1) is 12.2 Å². The fourth-order valence-electron chi connectivity index (χ4n) is 1.11. The van der Waals surface area contributed by atoms with Gasteiger partial charge in [0, 0.05) is 19.7 Å². The van der Waals surface area contributed by atoms with Gasteiger partial charge in [-0.25, -0.2) is 8.78 Å². The molecule has 0 aliphatic carbocycles. The molecular formula is C11H14F2N2O. The zero-order chi connectivity index (χ0) is 12.1. The lowest BCUT2D eigenvalue weighted by Gasteiger charge is -2.15. The predicted octanol–water partition coefficient (Wildman–Crippen LogP) is 1.85. The van der Waals surface area contributed by atoms with Crippen LogP contribution in [0.5, 0.6) is 0 Å². The Kier molecular flexibility index (Phi) is 4.22. The molecule has 16 heavy (non-hydrogen) atoms. The average molecular weight is 228 g/mol. The molecule has 0 heterocycles. The van der Waals surface area contributed by atoms with Crippen molar-refractivity contribution in [1.82, 2.24) is 4.90 Å². The van der Waals surface area contributed by atoms with E-state index in [1.165, 1.54) is 11.0 Å². The third-order valence-corrected chi connectivity index (χ3v) is 2.26. The number of nitrogens with one attached hydrogen (secondary N) is 1. The third kappa shape index (κ3) is 3.18. The van der Waals surface area contributed by atoms with Crippen molar-refractivity contribution in [3.8, 4) is 0 Å². The normalized spacial score (nSPS) is 10.0. The van der Waals surface area contributed by atoms with Crippen molar-refractivity contribution >= 4 is 11.6 Å². The number of carbonyl (C=O) groups is 1. The molecule has 0 aliphatic heterocycles. The van der Waals surface area contributed by atoms with Crippen LogP contribution in [0.1, 0.15) is 6.92 Å². The van der Waals surface area contributed by atoms with Crippen LogP contribution in [0.3, 0.4) is 0 Å². The Balaban J connectivity index is 2.58. The predicted molar refractivity (Wildman–Crippen MR) is 58.2 cm³/mol. The largest absolute Gasteiger partial charge is 0.374 e. The maximum absolute atomic E-state index is 13.2. The van der Waals surface area contributed by atoms with Gasteiger partial charge in [-0.1, -0.05) is 0 Å². The minimum Gasteiger partial charge on any atom is -0.374 e. The Bertz CT molecular complexity index is 382. The van der Waals surface area contributed by atoms with Gasteiger partial charge in [0.1, 0.15) is 11.6 Å². The van der Waals surface area contributed by atoms with E-state index >= 15 is 0 Å². The van der Waals surface area contributed by atoms with Gasteiger partial charge in [-0.2, -0.15) is 0 Å². The summed E-state index contributed by atoms with van der Waals surface area (Å²) in [5.41, 5.74) is 0.124. The second kappa shape index (κ2) is 5.44. The second-order valence-corrected chi connectivity index (χ2v) is 3.39. The lowest BCUT2D eigenvalue weighted by Crippen LogP contribution is -2.32. The van der Waals surface area contributed by atoms with Crippen molar-refractivity contribution in [1.29, 1.82) is 0 Å². The number of halogens is 2. The zero-order valence-corrected chi connectivity index (χ0v) is 9.26. The zero-order valence-electron chi connectivity index (χ0n) is 9.26. The molecule has 1 N–H and O–H groups in total. The Morgan fingerprint density at radius 2 is 2.12 bits per heavy atom. The van der Waals surface area contributed by atoms with Crippen LogP contribution in [0.4, 0.5) is 14.5 Å². The average Bonchev–Trinajstić information content (AvgIpc) is 2.26. The van der Waals surface area contributed by atoms with Crippen molar-refractivity contribution in [2.75, 3.05) is 25.5 Å². The third-order valence-electron chi connectivity index (χ3n) is 2.26. The molecule has 1 aromatic rings. The molecule has 0 radical (unpaired) electrons. The Hall–Kier alpha value is -1.65. The number of hydrogen-bond acceptors (Lipinski definition) is 2. The van der Waals surface area contributed by atoms with Crippen molar-refractivity contribution in [3.05, 3.63) is 29.8 Å². The Morgan fingerprint density at radius 3 is 2.69 bits per heavy atom. The Morgan fingerprint density at radius 1 is 1.44 bits per heavy atom. The van der Waals surface area contributed by atoms with E-state index in [0.29, 0.717) is 6.54 Å². The van der Waals surface area contributed by atoms with Gasteiger partial charge in [-0.05, 0) is 19.1 Å². The van der Waals surface area contributed by atoms with Crippen LogP contribution in [0, 0.1) is 11.6 Å². The highest BCUT2D eigenvalue weighted by atomic mass is 19.1. The molecule has 0 unspecified atom stereocenters. The number of amides is 1. The summed E-state index contributed by atoms with van der Waals surface area (Å²) in [4.78, 5) is 12.9. The van der Waals surface area contributed by atoms with E-state index < -0.39 is 11.6 Å². The molecule has 0 saturated carbocycles. The molecule has 0 saturated heterocycles. The van der Waals surface area contributed by atoms with Crippen LogP contribution >= 0.6 is 0 Å². The van der Waals surface area contributed by atoms with Crippen LogP contribution in [0.15, 0.2) is 18.2 Å². The summed E-state index contributed by atoms with van der Waals surface area (Å²) >= 11 is 0. The molecule has 1 rings (SSSR count). The maximum Gasteiger partial charge on any atom is 0.241 e. The summed E-state index contributed by atoms with van der Waals surface area (Å²) in [5.74, 6) is -1.49. The molecule has 0 atom stereocenters. The lowest BCUT2D eigenvalue weighted by atomic mass is 10.3. The highest BCUT2D eigenvalue weighted by Gasteiger charge is 2.08. The number of carbonyl (C=O) groups excluding carboxylic acids is 1. The van der Waals surface area contributed by atoms with Crippen LogP contribution in [0.25, 0.3) is 0 Å². The standard InChI is InChI=1S/C11H14F2N2O/c1-3-15(2)11(16)7-14-10-5-4-8(12)6-9(10)13/h4-6,14H,3,7H2,1-2H3. The lowest BCUT2D eigenvalue weighted by molar-refractivity contribution is -0.127. The second-order valence-electron chi connectivity index (χ2n) is 3.39. The van der Waals surface area contributed by atoms with E-state index in [2.05, 4.69) is 5.32 Å². The molecule has 1 aromatic carbocycles. The van der Waals surface area contributed by atoms with Crippen LogP contribution in [-0.4, -0.2) is 30.9 Å². The first-order chi connectivity index (χ1) is 7.54. The monoisotopic (exact) mass is 228 g/mol. The first-order valence-electron chi connectivity index (χ1n) is 4.97. The quantitative estimate of drug-likeness (QED) is 0.853. The van der Waals surface area contributed by atoms with Gasteiger partial charge in [0.2, 0.25) is 5.91 Å². The van der Waals surface area contributed by atoms with E-state index in [1.54, 1.807) is 7.05 Å². The summed E-state index contributed by atoms with van der Waals surface area (Å²) in [6.45, 7) is 2.43. The van der Waals surface area contributed by atoms with Gasteiger partial charge in [-0.15, -0.1) is 0 Å². The summed E-state index contributed by atoms with van der Waals surface area (Å²) in [6.07, 6.45) is 0. The van der Waals surface area contributed by atoms with E-state index in [-0.39, 0.29) is 18.1 Å². The SMILES string of the molecule is CCN(C)C(=O)CNc1ccc(F)cc1F. The fraction of sp³-hybridized carbons (Fsp3) is 0.364. The van der Waals surface area contributed by atoms with E-state index in [1.807, 2.05) is 6.92 Å². The van der Waals surface area contributed by atoms with E-state index in [0.717, 1.165) is 12.1 Å². The number of anilines is 1. The van der Waals surface area contributed by atoms with Crippen molar-refractivity contribution in [2.24, 2.45) is 0 Å². The molecule has 0 bridgehead atoms. The molecule has 0 spiro atoms. The minimum absolute atomic E-state index is 0.00705. The van der Waals surface area contributed by atoms with Gasteiger partial charge >= 0.3 is 0 Å². The Labute approximate surface area is 93.1 Å². The topological polar surface area (TPSA) is 32.3 Å². The molecule has 3 nitrogen and oxygen atoms in total. The summed E-state index contributed by atoms with van der Waals surface area (Å²) in [6, 6.07) is 3.18. The summed E-state index contributed by atoms with van der Waals surface area (Å²) < 4.78 is 25.7. The van der Waals surface area contributed by atoms with Crippen LogP contribution < -0.4 is 5.32 Å². The van der Waals surface area contributed by atoms with Crippen molar-refractivity contribution < 1.29 is 13.6 Å². The number of hydrogen-bond donors (Lipinski definition) is 1. The first kappa shape index (κ1) is 12.4. The molecule has 1 amide bonds. The van der Waals surface area contributed by atoms with Crippen molar-refractivity contribution in [2.45, 2.75) is 6.92 Å². The smallest absolute Gasteiger partial charge is 0.241 e. The molecule has 88 valence electrons. The first-order valence-corrected chi connectivity index (χ1v) is 4.97. The number of nitrogens with zero attached hydrogens (tertiary/aromatic N) is 1. The number of likely N-dealkylation sites (N-methyl/N-ethyl adjacent to an activating group) is 1. The molecule has 0 aliphatic rings. The summed E-state index contributed by atoms with van der Waals surface area (Å²) in [5, 5.41) is 2.62. The van der Waals surface area contributed by atoms with Gasteiger partial charge in [0.25, 0.3) is 0 Å². The maximum atomic E-state index is 13.2. The molecule has 0 fully saturated rings. The van der Waals surface area contributed by atoms with Crippen molar-refractivity contribution in [3.63, 3.8) is 0 Å². The van der Waals surface area contributed by atoms with Gasteiger partial charge < -0.3 is 10.2 Å². The van der Waals surface area contributed by atoms with Crippen LogP contribution in [-0.2, 0) is 4.79 Å². The van der Waals surface area contributed by atoms with E-state index in [4.69, 9.17) is 0 Å². The van der Waals surface area contributed by atoms with Gasteiger partial charge in [-0.3, -0.25) is 4.79 Å². The molecule has 5 heteroatoms. The van der Waals surface area contributed by atoms with Crippen LogP contribution in [0.2, 0.25) is 0 Å². The molecular weight excluding hydrogens is 214 g/mol.